The predicted molar refractivity (Wildman–Crippen MR) is 96.5 cm³/mol. The number of piperazine rings is 1. The zero-order valence-electron chi connectivity index (χ0n) is 16.0. The lowest BCUT2D eigenvalue weighted by molar-refractivity contribution is -0.135. The lowest BCUT2D eigenvalue weighted by Gasteiger charge is -2.38. The Morgan fingerprint density at radius 3 is 2.00 bits per heavy atom. The minimum absolute atomic E-state index is 0.339. The molecule has 4 nitrogen and oxygen atoms in total. The second-order valence-corrected chi connectivity index (χ2v) is 9.17. The number of likely N-dealkylation sites (tertiary alicyclic amines) is 1. The Labute approximate surface area is 143 Å². The van der Waals surface area contributed by atoms with E-state index in [1.54, 1.807) is 0 Å². The van der Waals surface area contributed by atoms with Gasteiger partial charge < -0.3 is 9.80 Å². The van der Waals surface area contributed by atoms with E-state index in [1.807, 2.05) is 0 Å². The summed E-state index contributed by atoms with van der Waals surface area (Å²) in [6.45, 7) is 19.5. The molecule has 0 bridgehead atoms. The van der Waals surface area contributed by atoms with Crippen LogP contribution in [0.15, 0.2) is 0 Å². The van der Waals surface area contributed by atoms with E-state index in [9.17, 15) is 4.79 Å². The molecule has 2 aliphatic heterocycles. The third-order valence-corrected chi connectivity index (χ3v) is 5.22. The van der Waals surface area contributed by atoms with Gasteiger partial charge in [0.1, 0.15) is 0 Å². The molecule has 0 saturated carbocycles. The van der Waals surface area contributed by atoms with Gasteiger partial charge in [-0.3, -0.25) is 9.69 Å². The number of hydrogen-bond donors (Lipinski definition) is 0. The van der Waals surface area contributed by atoms with Crippen LogP contribution in [0.4, 0.5) is 0 Å². The standard InChI is InChI=1S/C19H37N3O/c1-16-12-17(2)14-22(13-16)18(23)15-21-10-8-20(9-11-21)7-6-19(3,4)5/h16-17H,6-15H2,1-5H3. The molecular weight excluding hydrogens is 286 g/mol. The molecule has 0 radical (unpaired) electrons. The summed E-state index contributed by atoms with van der Waals surface area (Å²) in [6, 6.07) is 0. The molecule has 2 unspecified atom stereocenters. The van der Waals surface area contributed by atoms with Gasteiger partial charge in [0.15, 0.2) is 0 Å². The van der Waals surface area contributed by atoms with E-state index in [4.69, 9.17) is 0 Å². The molecule has 2 fully saturated rings. The van der Waals surface area contributed by atoms with Gasteiger partial charge >= 0.3 is 0 Å². The molecule has 0 spiro atoms. The Morgan fingerprint density at radius 2 is 1.48 bits per heavy atom. The molecule has 0 aromatic carbocycles. The van der Waals surface area contributed by atoms with Crippen LogP contribution in [-0.2, 0) is 4.79 Å². The maximum absolute atomic E-state index is 12.6. The van der Waals surface area contributed by atoms with Gasteiger partial charge in [-0.15, -0.1) is 0 Å². The molecule has 2 rings (SSSR count). The van der Waals surface area contributed by atoms with Crippen LogP contribution in [0.2, 0.25) is 0 Å². The first-order valence-electron chi connectivity index (χ1n) is 9.45. The quantitative estimate of drug-likeness (QED) is 0.795. The van der Waals surface area contributed by atoms with Crippen molar-refractivity contribution >= 4 is 5.91 Å². The summed E-state index contributed by atoms with van der Waals surface area (Å²) in [5, 5.41) is 0. The molecule has 0 aliphatic carbocycles. The fraction of sp³-hybridized carbons (Fsp3) is 0.947. The fourth-order valence-corrected chi connectivity index (χ4v) is 3.82. The summed E-state index contributed by atoms with van der Waals surface area (Å²) in [6.07, 6.45) is 2.51. The summed E-state index contributed by atoms with van der Waals surface area (Å²) >= 11 is 0. The number of rotatable bonds is 4. The average Bonchev–Trinajstić information content (AvgIpc) is 2.44. The average molecular weight is 324 g/mol. The van der Waals surface area contributed by atoms with Crippen LogP contribution in [0.5, 0.6) is 0 Å². The molecule has 0 aromatic heterocycles. The van der Waals surface area contributed by atoms with Gasteiger partial charge in [-0.2, -0.15) is 0 Å². The van der Waals surface area contributed by atoms with E-state index in [1.165, 1.54) is 19.4 Å². The Morgan fingerprint density at radius 1 is 0.957 bits per heavy atom. The van der Waals surface area contributed by atoms with Gasteiger partial charge in [0.2, 0.25) is 5.91 Å². The van der Waals surface area contributed by atoms with Crippen molar-refractivity contribution in [3.63, 3.8) is 0 Å². The highest BCUT2D eigenvalue weighted by molar-refractivity contribution is 5.78. The molecule has 4 heteroatoms. The van der Waals surface area contributed by atoms with Gasteiger partial charge in [0, 0.05) is 39.3 Å². The Balaban J connectivity index is 1.70. The van der Waals surface area contributed by atoms with E-state index in [-0.39, 0.29) is 0 Å². The zero-order chi connectivity index (χ0) is 17.0. The molecule has 2 heterocycles. The lowest BCUT2D eigenvalue weighted by Crippen LogP contribution is -2.52. The van der Waals surface area contributed by atoms with Crippen LogP contribution in [0, 0.1) is 17.3 Å². The van der Waals surface area contributed by atoms with Crippen LogP contribution in [0.25, 0.3) is 0 Å². The van der Waals surface area contributed by atoms with Crippen molar-refractivity contribution < 1.29 is 4.79 Å². The topological polar surface area (TPSA) is 26.8 Å². The number of hydrogen-bond acceptors (Lipinski definition) is 3. The molecule has 134 valence electrons. The first kappa shape index (κ1) is 18.7. The van der Waals surface area contributed by atoms with Gasteiger partial charge in [-0.05, 0) is 36.6 Å². The number of amides is 1. The van der Waals surface area contributed by atoms with Crippen LogP contribution >= 0.6 is 0 Å². The van der Waals surface area contributed by atoms with Gasteiger partial charge in [-0.25, -0.2) is 0 Å². The first-order chi connectivity index (χ1) is 10.7. The second-order valence-electron chi connectivity index (χ2n) is 9.17. The zero-order valence-corrected chi connectivity index (χ0v) is 16.0. The van der Waals surface area contributed by atoms with Crippen molar-refractivity contribution in [1.29, 1.82) is 0 Å². The van der Waals surface area contributed by atoms with Crippen LogP contribution in [0.1, 0.15) is 47.5 Å². The second kappa shape index (κ2) is 7.98. The van der Waals surface area contributed by atoms with Crippen LogP contribution < -0.4 is 0 Å². The predicted octanol–water partition coefficient (Wildman–Crippen LogP) is 2.54. The number of carbonyl (C=O) groups is 1. The van der Waals surface area contributed by atoms with Crippen molar-refractivity contribution in [3.05, 3.63) is 0 Å². The van der Waals surface area contributed by atoms with E-state index >= 15 is 0 Å². The van der Waals surface area contributed by atoms with Crippen LogP contribution in [-0.4, -0.2) is 73.0 Å². The lowest BCUT2D eigenvalue weighted by atomic mass is 9.92. The SMILES string of the molecule is CC1CC(C)CN(C(=O)CN2CCN(CCC(C)(C)C)CC2)C1. The number of carbonyl (C=O) groups excluding carboxylic acids is 1. The molecule has 0 N–H and O–H groups in total. The van der Waals surface area contributed by atoms with E-state index in [0.29, 0.717) is 29.7 Å². The molecule has 2 atom stereocenters. The summed E-state index contributed by atoms with van der Waals surface area (Å²) in [7, 11) is 0. The largest absolute Gasteiger partial charge is 0.341 e. The van der Waals surface area contributed by atoms with Crippen molar-refractivity contribution in [2.75, 3.05) is 52.4 Å². The highest BCUT2D eigenvalue weighted by Crippen LogP contribution is 2.21. The van der Waals surface area contributed by atoms with Crippen molar-refractivity contribution in [3.8, 4) is 0 Å². The van der Waals surface area contributed by atoms with E-state index < -0.39 is 0 Å². The maximum Gasteiger partial charge on any atom is 0.236 e. The third kappa shape index (κ3) is 6.42. The molecule has 2 aliphatic rings. The number of piperidine rings is 1. The molecular formula is C19H37N3O. The highest BCUT2D eigenvalue weighted by atomic mass is 16.2. The smallest absolute Gasteiger partial charge is 0.236 e. The summed E-state index contributed by atoms with van der Waals surface area (Å²) in [5.41, 5.74) is 0.411. The molecule has 1 amide bonds. The minimum Gasteiger partial charge on any atom is -0.341 e. The van der Waals surface area contributed by atoms with E-state index in [0.717, 1.165) is 39.3 Å². The van der Waals surface area contributed by atoms with Crippen molar-refractivity contribution in [2.24, 2.45) is 17.3 Å². The van der Waals surface area contributed by atoms with Gasteiger partial charge in [0.25, 0.3) is 0 Å². The van der Waals surface area contributed by atoms with Crippen LogP contribution in [0.3, 0.4) is 0 Å². The van der Waals surface area contributed by atoms with E-state index in [2.05, 4.69) is 49.3 Å². The van der Waals surface area contributed by atoms with Gasteiger partial charge in [-0.1, -0.05) is 34.6 Å². The Bertz CT molecular complexity index is 373. The molecule has 23 heavy (non-hydrogen) atoms. The number of nitrogens with zero attached hydrogens (tertiary/aromatic N) is 3. The monoisotopic (exact) mass is 323 g/mol. The summed E-state index contributed by atoms with van der Waals surface area (Å²) in [5.74, 6) is 1.64. The maximum atomic E-state index is 12.6. The first-order valence-corrected chi connectivity index (χ1v) is 9.45. The molecule has 2 saturated heterocycles. The fourth-order valence-electron chi connectivity index (χ4n) is 3.82. The molecule has 0 aromatic rings. The highest BCUT2D eigenvalue weighted by Gasteiger charge is 2.27. The van der Waals surface area contributed by atoms with Crippen molar-refractivity contribution in [2.45, 2.75) is 47.5 Å². The van der Waals surface area contributed by atoms with Crippen molar-refractivity contribution in [1.82, 2.24) is 14.7 Å². The normalized spacial score (nSPS) is 28.1. The Hall–Kier alpha value is -0.610. The minimum atomic E-state index is 0.339. The Kier molecular flexibility index (Phi) is 6.49. The summed E-state index contributed by atoms with van der Waals surface area (Å²) in [4.78, 5) is 19.6. The third-order valence-electron chi connectivity index (χ3n) is 5.22. The summed E-state index contributed by atoms with van der Waals surface area (Å²) < 4.78 is 0. The van der Waals surface area contributed by atoms with Gasteiger partial charge in [0.05, 0.1) is 6.54 Å².